The Morgan fingerprint density at radius 2 is 2.00 bits per heavy atom. The number of hydrogen-bond donors (Lipinski definition) is 3. The molecule has 10 nitrogen and oxygen atoms in total. The number of amides is 1. The summed E-state index contributed by atoms with van der Waals surface area (Å²) in [5.41, 5.74) is 3.43. The van der Waals surface area contributed by atoms with Crippen molar-refractivity contribution < 1.29 is 14.6 Å². The second-order valence-electron chi connectivity index (χ2n) is 7.76. The van der Waals surface area contributed by atoms with Gasteiger partial charge < -0.3 is 20.5 Å². The van der Waals surface area contributed by atoms with E-state index >= 15 is 0 Å². The number of rotatable bonds is 9. The number of aliphatic hydroxyl groups excluding tert-OH is 1. The summed E-state index contributed by atoms with van der Waals surface area (Å²) in [4.78, 5) is 25.0. The van der Waals surface area contributed by atoms with Gasteiger partial charge in [-0.05, 0) is 42.5 Å². The molecule has 0 atom stereocenters. The van der Waals surface area contributed by atoms with Gasteiger partial charge in [0.15, 0.2) is 6.61 Å². The first kappa shape index (κ1) is 22.2. The molecule has 2 aromatic carbocycles. The van der Waals surface area contributed by atoms with E-state index in [2.05, 4.69) is 30.7 Å². The fourth-order valence-corrected chi connectivity index (χ4v) is 3.76. The van der Waals surface area contributed by atoms with Crippen molar-refractivity contribution in [2.24, 2.45) is 0 Å². The van der Waals surface area contributed by atoms with E-state index in [-0.39, 0.29) is 25.7 Å². The zero-order chi connectivity index (χ0) is 24.0. The fourth-order valence-electron chi connectivity index (χ4n) is 3.76. The summed E-state index contributed by atoms with van der Waals surface area (Å²) < 4.78 is 7.67. The molecule has 10 heteroatoms. The summed E-state index contributed by atoms with van der Waals surface area (Å²) >= 11 is 0. The topological polar surface area (TPSA) is 127 Å². The first-order valence-corrected chi connectivity index (χ1v) is 11.1. The van der Waals surface area contributed by atoms with Crippen molar-refractivity contribution in [3.63, 3.8) is 0 Å². The number of aliphatic hydroxyl groups is 1. The zero-order valence-corrected chi connectivity index (χ0v) is 18.8. The van der Waals surface area contributed by atoms with E-state index in [0.29, 0.717) is 29.0 Å². The molecule has 0 radical (unpaired) electrons. The molecule has 1 amide bonds. The lowest BCUT2D eigenvalue weighted by molar-refractivity contribution is -0.123. The highest BCUT2D eigenvalue weighted by Crippen LogP contribution is 2.32. The lowest BCUT2D eigenvalue weighted by atomic mass is 10.2. The maximum atomic E-state index is 11.9. The van der Waals surface area contributed by atoms with Gasteiger partial charge in [-0.1, -0.05) is 12.1 Å². The molecule has 0 aliphatic carbocycles. The number of carbonyl (C=O) groups is 1. The average molecular weight is 470 g/mol. The Morgan fingerprint density at radius 1 is 1.06 bits per heavy atom. The van der Waals surface area contributed by atoms with Gasteiger partial charge in [-0.3, -0.25) is 14.5 Å². The molecule has 0 unspecified atom stereocenters. The van der Waals surface area contributed by atoms with E-state index in [4.69, 9.17) is 9.84 Å². The van der Waals surface area contributed by atoms with Crippen molar-refractivity contribution in [1.82, 2.24) is 30.0 Å². The van der Waals surface area contributed by atoms with Gasteiger partial charge in [0.05, 0.1) is 41.5 Å². The first-order chi connectivity index (χ1) is 17.2. The molecule has 3 N–H and O–H groups in total. The molecular formula is C25H23N7O3. The minimum Gasteiger partial charge on any atom is -0.483 e. The van der Waals surface area contributed by atoms with Gasteiger partial charge in [0.2, 0.25) is 0 Å². The maximum Gasteiger partial charge on any atom is 0.258 e. The van der Waals surface area contributed by atoms with E-state index in [1.165, 1.54) is 6.33 Å². The van der Waals surface area contributed by atoms with Gasteiger partial charge in [0.1, 0.15) is 17.9 Å². The number of pyridine rings is 1. The summed E-state index contributed by atoms with van der Waals surface area (Å²) in [6.45, 7) is 0.442. The van der Waals surface area contributed by atoms with Crippen LogP contribution in [0.15, 0.2) is 73.3 Å². The highest BCUT2D eigenvalue weighted by atomic mass is 16.5. The van der Waals surface area contributed by atoms with Gasteiger partial charge in [0.25, 0.3) is 5.91 Å². The van der Waals surface area contributed by atoms with E-state index in [0.717, 1.165) is 22.3 Å². The second kappa shape index (κ2) is 10.1. The quantitative estimate of drug-likeness (QED) is 0.301. The van der Waals surface area contributed by atoms with E-state index < -0.39 is 0 Å². The number of fused-ring (bicyclic) bond motifs is 2. The molecule has 3 heterocycles. The van der Waals surface area contributed by atoms with Crippen LogP contribution >= 0.6 is 0 Å². The van der Waals surface area contributed by atoms with Crippen molar-refractivity contribution in [3.8, 4) is 5.75 Å². The zero-order valence-electron chi connectivity index (χ0n) is 18.8. The van der Waals surface area contributed by atoms with Crippen LogP contribution in [0.25, 0.3) is 21.8 Å². The second-order valence-corrected chi connectivity index (χ2v) is 7.76. The third-order valence-corrected chi connectivity index (χ3v) is 5.36. The van der Waals surface area contributed by atoms with Crippen LogP contribution in [-0.2, 0) is 11.3 Å². The minimum atomic E-state index is -0.324. The third kappa shape index (κ3) is 5.02. The van der Waals surface area contributed by atoms with Crippen LogP contribution in [0, 0.1) is 0 Å². The van der Waals surface area contributed by atoms with Gasteiger partial charge in [-0.2, -0.15) is 5.10 Å². The highest BCUT2D eigenvalue weighted by Gasteiger charge is 2.13. The molecule has 0 bridgehead atoms. The molecule has 0 fully saturated rings. The number of carbonyl (C=O) groups excluding carboxylic acids is 1. The SMILES string of the molecule is O=C(COc1cccc2ncnc(Nc3ccc4c(cnn4Cc4ccccn4)c3)c12)NCCO. The van der Waals surface area contributed by atoms with E-state index in [1.54, 1.807) is 12.3 Å². The summed E-state index contributed by atoms with van der Waals surface area (Å²) in [6, 6.07) is 17.2. The highest BCUT2D eigenvalue weighted by molar-refractivity contribution is 5.96. The van der Waals surface area contributed by atoms with Gasteiger partial charge in [-0.25, -0.2) is 9.97 Å². The maximum absolute atomic E-state index is 11.9. The smallest absolute Gasteiger partial charge is 0.258 e. The Labute approximate surface area is 200 Å². The van der Waals surface area contributed by atoms with Crippen LogP contribution in [-0.4, -0.2) is 55.5 Å². The van der Waals surface area contributed by atoms with E-state index in [9.17, 15) is 4.79 Å². The number of hydrogen-bond acceptors (Lipinski definition) is 8. The van der Waals surface area contributed by atoms with Crippen LogP contribution in [0.5, 0.6) is 5.75 Å². The molecule has 0 aliphatic heterocycles. The first-order valence-electron chi connectivity index (χ1n) is 11.1. The van der Waals surface area contributed by atoms with Crippen LogP contribution in [0.4, 0.5) is 11.5 Å². The van der Waals surface area contributed by atoms with Crippen molar-refractivity contribution >= 4 is 39.2 Å². The summed E-state index contributed by atoms with van der Waals surface area (Å²) in [5.74, 6) is 0.714. The molecule has 0 saturated carbocycles. The van der Waals surface area contributed by atoms with Crippen molar-refractivity contribution in [1.29, 1.82) is 0 Å². The van der Waals surface area contributed by atoms with Gasteiger partial charge in [-0.15, -0.1) is 0 Å². The average Bonchev–Trinajstić information content (AvgIpc) is 3.28. The molecule has 35 heavy (non-hydrogen) atoms. The molecule has 5 rings (SSSR count). The largest absolute Gasteiger partial charge is 0.483 e. The molecule has 0 saturated heterocycles. The van der Waals surface area contributed by atoms with Crippen molar-refractivity contribution in [2.45, 2.75) is 6.54 Å². The Morgan fingerprint density at radius 3 is 2.86 bits per heavy atom. The minimum absolute atomic E-state index is 0.131. The Hall–Kier alpha value is -4.57. The number of anilines is 2. The summed E-state index contributed by atoms with van der Waals surface area (Å²) in [6.07, 6.45) is 5.07. The predicted octanol–water partition coefficient (Wildman–Crippen LogP) is 2.65. The van der Waals surface area contributed by atoms with E-state index in [1.807, 2.05) is 59.4 Å². The number of aromatic nitrogens is 5. The van der Waals surface area contributed by atoms with Gasteiger partial charge >= 0.3 is 0 Å². The summed E-state index contributed by atoms with van der Waals surface area (Å²) in [5, 5.41) is 20.9. The molecule has 0 spiro atoms. The molecule has 5 aromatic rings. The standard InChI is InChI=1S/C25H23N7O3/c33-11-10-27-23(34)15-35-22-6-3-5-20-24(22)25(29-16-28-20)31-18-7-8-21-17(12-18)13-30-32(21)14-19-4-1-2-9-26-19/h1-9,12-13,16,33H,10-11,14-15H2,(H,27,34)(H,28,29,31). The van der Waals surface area contributed by atoms with Crippen molar-refractivity contribution in [2.75, 3.05) is 25.1 Å². The van der Waals surface area contributed by atoms with Gasteiger partial charge in [0, 0.05) is 23.8 Å². The lowest BCUT2D eigenvalue weighted by Gasteiger charge is -2.13. The molecular weight excluding hydrogens is 446 g/mol. The third-order valence-electron chi connectivity index (χ3n) is 5.36. The van der Waals surface area contributed by atoms with Crippen LogP contribution in [0.2, 0.25) is 0 Å². The lowest BCUT2D eigenvalue weighted by Crippen LogP contribution is -2.31. The predicted molar refractivity (Wildman–Crippen MR) is 131 cm³/mol. The Balaban J connectivity index is 1.40. The molecule has 176 valence electrons. The fraction of sp³-hybridized carbons (Fsp3) is 0.160. The number of benzene rings is 2. The van der Waals surface area contributed by atoms with Crippen molar-refractivity contribution in [3.05, 3.63) is 79.0 Å². The Bertz CT molecular complexity index is 1470. The number of nitrogens with one attached hydrogen (secondary N) is 2. The Kier molecular flexibility index (Phi) is 6.44. The van der Waals surface area contributed by atoms with Crippen LogP contribution in [0.1, 0.15) is 5.69 Å². The normalized spacial score (nSPS) is 11.0. The monoisotopic (exact) mass is 469 g/mol. The number of ether oxygens (including phenoxy) is 1. The number of nitrogens with zero attached hydrogens (tertiary/aromatic N) is 5. The van der Waals surface area contributed by atoms with Crippen LogP contribution in [0.3, 0.4) is 0 Å². The summed E-state index contributed by atoms with van der Waals surface area (Å²) in [7, 11) is 0. The molecule has 0 aliphatic rings. The molecule has 3 aromatic heterocycles. The van der Waals surface area contributed by atoms with Crippen LogP contribution < -0.4 is 15.4 Å².